The average molecular weight is 437 g/mol. The van der Waals surface area contributed by atoms with Crippen LogP contribution >= 0.6 is 15.9 Å². The van der Waals surface area contributed by atoms with Crippen molar-refractivity contribution in [3.05, 3.63) is 34.3 Å². The fourth-order valence-electron chi connectivity index (χ4n) is 3.71. The van der Waals surface area contributed by atoms with Gasteiger partial charge in [0.05, 0.1) is 0 Å². The summed E-state index contributed by atoms with van der Waals surface area (Å²) in [5, 5.41) is 2.85. The van der Waals surface area contributed by atoms with Gasteiger partial charge in [-0.1, -0.05) is 28.1 Å². The fraction of sp³-hybridized carbons (Fsp3) is 0.619. The molecular weight excluding hydrogens is 408 g/mol. The van der Waals surface area contributed by atoms with Crippen LogP contribution in [-0.2, 0) is 9.53 Å². The Morgan fingerprint density at radius 2 is 1.96 bits per heavy atom. The van der Waals surface area contributed by atoms with Crippen LogP contribution in [0.2, 0.25) is 0 Å². The minimum absolute atomic E-state index is 0.135. The molecule has 1 saturated heterocycles. The SMILES string of the molecule is CC(C)(C)OC(=O)NCC1CCN(C(=O)C2CC2c2cccc(Br)c2)CC1. The second-order valence-electron chi connectivity index (χ2n) is 8.66. The van der Waals surface area contributed by atoms with E-state index in [2.05, 4.69) is 33.4 Å². The van der Waals surface area contributed by atoms with Crippen LogP contribution in [0.1, 0.15) is 51.5 Å². The summed E-state index contributed by atoms with van der Waals surface area (Å²) in [7, 11) is 0. The molecule has 1 heterocycles. The van der Waals surface area contributed by atoms with Crippen molar-refractivity contribution in [2.45, 2.75) is 51.6 Å². The van der Waals surface area contributed by atoms with Crippen LogP contribution in [0, 0.1) is 11.8 Å². The Balaban J connectivity index is 1.41. The highest BCUT2D eigenvalue weighted by atomic mass is 79.9. The molecule has 148 valence electrons. The third-order valence-electron chi connectivity index (χ3n) is 5.24. The van der Waals surface area contributed by atoms with Crippen LogP contribution in [0.3, 0.4) is 0 Å². The van der Waals surface area contributed by atoms with E-state index in [1.54, 1.807) is 0 Å². The van der Waals surface area contributed by atoms with Crippen molar-refractivity contribution in [2.24, 2.45) is 11.8 Å². The Morgan fingerprint density at radius 1 is 1.26 bits per heavy atom. The molecule has 1 N–H and O–H groups in total. The number of benzene rings is 1. The van der Waals surface area contributed by atoms with Gasteiger partial charge in [0.25, 0.3) is 0 Å². The standard InChI is InChI=1S/C21H29BrN2O3/c1-21(2,3)27-20(26)23-13-14-7-9-24(10-8-14)19(25)18-12-17(18)15-5-4-6-16(22)11-15/h4-6,11,14,17-18H,7-10,12-13H2,1-3H3,(H,23,26). The van der Waals surface area contributed by atoms with E-state index in [4.69, 9.17) is 4.74 Å². The molecule has 2 atom stereocenters. The average Bonchev–Trinajstić information content (AvgIpc) is 3.39. The Labute approximate surface area is 170 Å². The summed E-state index contributed by atoms with van der Waals surface area (Å²) in [6, 6.07) is 8.27. The van der Waals surface area contributed by atoms with Gasteiger partial charge in [0.1, 0.15) is 5.60 Å². The molecule has 1 saturated carbocycles. The Bertz CT molecular complexity index is 693. The predicted molar refractivity (Wildman–Crippen MR) is 109 cm³/mol. The number of likely N-dealkylation sites (tertiary alicyclic amines) is 1. The van der Waals surface area contributed by atoms with Gasteiger partial charge in [-0.25, -0.2) is 4.79 Å². The number of rotatable bonds is 4. The molecule has 1 aliphatic heterocycles. The number of halogens is 1. The number of hydrogen-bond donors (Lipinski definition) is 1. The summed E-state index contributed by atoms with van der Waals surface area (Å²) >= 11 is 3.50. The Morgan fingerprint density at radius 3 is 2.59 bits per heavy atom. The molecule has 2 unspecified atom stereocenters. The molecule has 3 rings (SSSR count). The Kier molecular flexibility index (Phi) is 6.14. The number of amides is 2. The molecule has 6 heteroatoms. The predicted octanol–water partition coefficient (Wildman–Crippen LogP) is 4.32. The van der Waals surface area contributed by atoms with Crippen molar-refractivity contribution < 1.29 is 14.3 Å². The second-order valence-corrected chi connectivity index (χ2v) is 9.57. The van der Waals surface area contributed by atoms with Crippen LogP contribution in [0.25, 0.3) is 0 Å². The third kappa shape index (κ3) is 5.71. The van der Waals surface area contributed by atoms with Gasteiger partial charge in [-0.15, -0.1) is 0 Å². The quantitative estimate of drug-likeness (QED) is 0.764. The molecule has 2 fully saturated rings. The largest absolute Gasteiger partial charge is 0.444 e. The number of ether oxygens (including phenoxy) is 1. The smallest absolute Gasteiger partial charge is 0.407 e. The number of alkyl carbamates (subject to hydrolysis) is 1. The van der Waals surface area contributed by atoms with Crippen molar-refractivity contribution in [2.75, 3.05) is 19.6 Å². The first-order valence-corrected chi connectivity index (χ1v) is 10.5. The zero-order valence-corrected chi connectivity index (χ0v) is 17.9. The highest BCUT2D eigenvalue weighted by Crippen LogP contribution is 2.49. The van der Waals surface area contributed by atoms with Crippen LogP contribution in [-0.4, -0.2) is 42.1 Å². The summed E-state index contributed by atoms with van der Waals surface area (Å²) in [6.07, 6.45) is 2.44. The van der Waals surface area contributed by atoms with E-state index in [0.29, 0.717) is 24.3 Å². The van der Waals surface area contributed by atoms with Gasteiger partial charge < -0.3 is 15.0 Å². The maximum atomic E-state index is 12.8. The summed E-state index contributed by atoms with van der Waals surface area (Å²) in [5.41, 5.74) is 0.772. The molecule has 5 nitrogen and oxygen atoms in total. The molecule has 2 aliphatic rings. The second kappa shape index (κ2) is 8.21. The van der Waals surface area contributed by atoms with Crippen LogP contribution in [0.15, 0.2) is 28.7 Å². The van der Waals surface area contributed by atoms with E-state index in [1.807, 2.05) is 37.8 Å². The normalized spacial score (nSPS) is 23.0. The van der Waals surface area contributed by atoms with E-state index in [9.17, 15) is 9.59 Å². The van der Waals surface area contributed by atoms with Crippen molar-refractivity contribution in [3.8, 4) is 0 Å². The maximum absolute atomic E-state index is 12.8. The summed E-state index contributed by atoms with van der Waals surface area (Å²) in [5.74, 6) is 1.19. The lowest BCUT2D eigenvalue weighted by atomic mass is 9.96. The monoisotopic (exact) mass is 436 g/mol. The number of hydrogen-bond acceptors (Lipinski definition) is 3. The van der Waals surface area contributed by atoms with Crippen molar-refractivity contribution >= 4 is 27.9 Å². The van der Waals surface area contributed by atoms with Gasteiger partial charge in [-0.05, 0) is 69.6 Å². The van der Waals surface area contributed by atoms with E-state index in [0.717, 1.165) is 36.8 Å². The number of nitrogens with zero attached hydrogens (tertiary/aromatic N) is 1. The number of carbonyl (C=O) groups excluding carboxylic acids is 2. The molecule has 2 amide bonds. The first-order valence-electron chi connectivity index (χ1n) is 9.74. The lowest BCUT2D eigenvalue weighted by Crippen LogP contribution is -2.43. The lowest BCUT2D eigenvalue weighted by molar-refractivity contribution is -0.134. The molecule has 1 aliphatic carbocycles. The Hall–Kier alpha value is -1.56. The number of piperidine rings is 1. The van der Waals surface area contributed by atoms with Crippen molar-refractivity contribution in [1.29, 1.82) is 0 Å². The molecule has 0 aromatic heterocycles. The topological polar surface area (TPSA) is 58.6 Å². The number of nitrogens with one attached hydrogen (secondary N) is 1. The van der Waals surface area contributed by atoms with E-state index >= 15 is 0 Å². The summed E-state index contributed by atoms with van der Waals surface area (Å²) in [6.45, 7) is 7.74. The van der Waals surface area contributed by atoms with Crippen LogP contribution in [0.5, 0.6) is 0 Å². The van der Waals surface area contributed by atoms with Crippen LogP contribution in [0.4, 0.5) is 4.79 Å². The molecule has 0 bridgehead atoms. The molecule has 1 aromatic carbocycles. The molecule has 1 aromatic rings. The zero-order chi connectivity index (χ0) is 19.6. The summed E-state index contributed by atoms with van der Waals surface area (Å²) in [4.78, 5) is 26.6. The molecule has 0 spiro atoms. The third-order valence-corrected chi connectivity index (χ3v) is 5.74. The number of carbonyl (C=O) groups is 2. The first-order chi connectivity index (χ1) is 12.7. The van der Waals surface area contributed by atoms with Gasteiger partial charge >= 0.3 is 6.09 Å². The van der Waals surface area contributed by atoms with E-state index in [-0.39, 0.29) is 12.0 Å². The molecule has 0 radical (unpaired) electrons. The van der Waals surface area contributed by atoms with Gasteiger partial charge in [0.2, 0.25) is 5.91 Å². The van der Waals surface area contributed by atoms with Crippen molar-refractivity contribution in [1.82, 2.24) is 10.2 Å². The highest BCUT2D eigenvalue weighted by molar-refractivity contribution is 9.10. The van der Waals surface area contributed by atoms with E-state index < -0.39 is 5.60 Å². The van der Waals surface area contributed by atoms with E-state index in [1.165, 1.54) is 5.56 Å². The molecular formula is C21H29BrN2O3. The first kappa shape index (κ1) is 20.2. The van der Waals surface area contributed by atoms with Crippen LogP contribution < -0.4 is 5.32 Å². The maximum Gasteiger partial charge on any atom is 0.407 e. The minimum Gasteiger partial charge on any atom is -0.444 e. The zero-order valence-electron chi connectivity index (χ0n) is 16.3. The van der Waals surface area contributed by atoms with Gasteiger partial charge in [0, 0.05) is 30.0 Å². The summed E-state index contributed by atoms with van der Waals surface area (Å²) < 4.78 is 6.34. The highest BCUT2D eigenvalue weighted by Gasteiger charge is 2.46. The van der Waals surface area contributed by atoms with Gasteiger partial charge in [-0.3, -0.25) is 4.79 Å². The van der Waals surface area contributed by atoms with Gasteiger partial charge in [-0.2, -0.15) is 0 Å². The molecule has 27 heavy (non-hydrogen) atoms. The van der Waals surface area contributed by atoms with Crippen molar-refractivity contribution in [3.63, 3.8) is 0 Å². The lowest BCUT2D eigenvalue weighted by Gasteiger charge is -2.32. The minimum atomic E-state index is -0.477. The van der Waals surface area contributed by atoms with Gasteiger partial charge in [0.15, 0.2) is 0 Å². The fourth-order valence-corrected chi connectivity index (χ4v) is 4.12.